The number of imidazole rings is 1. The molecular formula is C25H25N7O2. The normalized spacial score (nSPS) is 16.4. The number of carbonyl (C=O) groups excluding carboxylic acids is 1. The van der Waals surface area contributed by atoms with E-state index in [9.17, 15) is 4.79 Å². The van der Waals surface area contributed by atoms with Crippen LogP contribution in [0.3, 0.4) is 0 Å². The Morgan fingerprint density at radius 2 is 2.03 bits per heavy atom. The zero-order chi connectivity index (χ0) is 23.1. The minimum atomic E-state index is -0.233. The first-order chi connectivity index (χ1) is 16.7. The predicted molar refractivity (Wildman–Crippen MR) is 129 cm³/mol. The van der Waals surface area contributed by atoms with Gasteiger partial charge in [-0.05, 0) is 48.9 Å². The van der Waals surface area contributed by atoms with Gasteiger partial charge in [0.05, 0.1) is 35.9 Å². The van der Waals surface area contributed by atoms with E-state index in [1.54, 1.807) is 16.9 Å². The Bertz CT molecular complexity index is 1400. The van der Waals surface area contributed by atoms with Crippen LogP contribution in [0, 0.1) is 0 Å². The fraction of sp³-hybridized carbons (Fsp3) is 0.280. The third kappa shape index (κ3) is 3.49. The minimum Gasteiger partial charge on any atom is -0.491 e. The van der Waals surface area contributed by atoms with Crippen molar-refractivity contribution in [3.63, 3.8) is 0 Å². The number of anilines is 3. The molecule has 172 valence electrons. The standard InChI is InChI=1S/C25H25N7O2/c1-26-19-13-21(29-18-8-2-5-16-7-4-12-34-23(16)18)31-32-20(14-28-24(19)32)25(33)30-17-10-9-15-6-3-11-27-22(15)17/h2-3,5-6,8,11,13-14,17,26H,4,7,9-10,12H2,1H3,(H,29,31)(H,30,33). The van der Waals surface area contributed by atoms with E-state index in [2.05, 4.69) is 38.1 Å². The van der Waals surface area contributed by atoms with Gasteiger partial charge in [0, 0.05) is 19.3 Å². The molecule has 1 amide bonds. The monoisotopic (exact) mass is 455 g/mol. The Morgan fingerprint density at radius 3 is 2.94 bits per heavy atom. The van der Waals surface area contributed by atoms with Gasteiger partial charge in [0.25, 0.3) is 5.91 Å². The molecule has 0 spiro atoms. The van der Waals surface area contributed by atoms with E-state index >= 15 is 0 Å². The first kappa shape index (κ1) is 20.5. The second-order valence-electron chi connectivity index (χ2n) is 8.56. The third-order valence-corrected chi connectivity index (χ3v) is 6.43. The van der Waals surface area contributed by atoms with Gasteiger partial charge in [0.15, 0.2) is 17.2 Å². The topological polar surface area (TPSA) is 105 Å². The van der Waals surface area contributed by atoms with Crippen molar-refractivity contribution in [1.29, 1.82) is 0 Å². The van der Waals surface area contributed by atoms with Crippen molar-refractivity contribution in [2.24, 2.45) is 0 Å². The highest BCUT2D eigenvalue weighted by molar-refractivity contribution is 5.94. The van der Waals surface area contributed by atoms with E-state index in [-0.39, 0.29) is 11.9 Å². The number of hydrogen-bond donors (Lipinski definition) is 3. The molecular weight excluding hydrogens is 430 g/mol. The molecule has 3 aromatic heterocycles. The van der Waals surface area contributed by atoms with Gasteiger partial charge in [-0.15, -0.1) is 5.10 Å². The maximum absolute atomic E-state index is 13.2. The number of nitrogens with one attached hydrogen (secondary N) is 3. The highest BCUT2D eigenvalue weighted by Crippen LogP contribution is 2.35. The molecule has 9 nitrogen and oxygen atoms in total. The van der Waals surface area contributed by atoms with Crippen molar-refractivity contribution in [3.05, 3.63) is 71.3 Å². The van der Waals surface area contributed by atoms with Gasteiger partial charge in [-0.2, -0.15) is 0 Å². The lowest BCUT2D eigenvalue weighted by Crippen LogP contribution is -2.29. The maximum atomic E-state index is 13.2. The molecule has 1 aliphatic carbocycles. The molecule has 0 fully saturated rings. The van der Waals surface area contributed by atoms with Gasteiger partial charge in [-0.1, -0.05) is 18.2 Å². The lowest BCUT2D eigenvalue weighted by atomic mass is 10.1. The van der Waals surface area contributed by atoms with Crippen LogP contribution in [0.2, 0.25) is 0 Å². The van der Waals surface area contributed by atoms with Crippen LogP contribution in [-0.2, 0) is 12.8 Å². The second kappa shape index (κ2) is 8.33. The average molecular weight is 456 g/mol. The van der Waals surface area contributed by atoms with Crippen molar-refractivity contribution in [3.8, 4) is 5.75 Å². The Hall–Kier alpha value is -4.14. The Labute approximate surface area is 196 Å². The molecule has 1 atom stereocenters. The van der Waals surface area contributed by atoms with Crippen LogP contribution in [0.1, 0.15) is 46.2 Å². The number of ether oxygens (including phenoxy) is 1. The van der Waals surface area contributed by atoms with Gasteiger partial charge < -0.3 is 20.7 Å². The molecule has 4 heterocycles. The minimum absolute atomic E-state index is 0.118. The summed E-state index contributed by atoms with van der Waals surface area (Å²) in [6.45, 7) is 0.699. The number of aromatic nitrogens is 4. The summed E-state index contributed by atoms with van der Waals surface area (Å²) in [7, 11) is 1.82. The Morgan fingerprint density at radius 1 is 1.12 bits per heavy atom. The van der Waals surface area contributed by atoms with Crippen LogP contribution < -0.4 is 20.7 Å². The largest absolute Gasteiger partial charge is 0.491 e. The number of fused-ring (bicyclic) bond motifs is 3. The molecule has 1 unspecified atom stereocenters. The summed E-state index contributed by atoms with van der Waals surface area (Å²) >= 11 is 0. The number of benzene rings is 1. The summed E-state index contributed by atoms with van der Waals surface area (Å²) in [5.41, 5.74) is 5.85. The number of nitrogens with zero attached hydrogens (tertiary/aromatic N) is 4. The first-order valence-corrected chi connectivity index (χ1v) is 11.5. The second-order valence-corrected chi connectivity index (χ2v) is 8.56. The van der Waals surface area contributed by atoms with Crippen molar-refractivity contribution in [1.82, 2.24) is 24.9 Å². The molecule has 2 aliphatic rings. The van der Waals surface area contributed by atoms with Crippen molar-refractivity contribution < 1.29 is 9.53 Å². The smallest absolute Gasteiger partial charge is 0.272 e. The first-order valence-electron chi connectivity index (χ1n) is 11.5. The number of aryl methyl sites for hydroxylation is 2. The lowest BCUT2D eigenvalue weighted by Gasteiger charge is -2.21. The Balaban J connectivity index is 1.33. The van der Waals surface area contributed by atoms with E-state index in [1.807, 2.05) is 31.3 Å². The summed E-state index contributed by atoms with van der Waals surface area (Å²) < 4.78 is 7.50. The van der Waals surface area contributed by atoms with E-state index < -0.39 is 0 Å². The van der Waals surface area contributed by atoms with E-state index in [1.165, 1.54) is 11.1 Å². The van der Waals surface area contributed by atoms with Crippen molar-refractivity contribution in [2.75, 3.05) is 24.3 Å². The number of amides is 1. The summed E-state index contributed by atoms with van der Waals surface area (Å²) in [6, 6.07) is 11.8. The van der Waals surface area contributed by atoms with Gasteiger partial charge in [0.1, 0.15) is 5.75 Å². The van der Waals surface area contributed by atoms with Crippen LogP contribution in [0.5, 0.6) is 5.75 Å². The number of para-hydroxylation sites is 1. The molecule has 0 saturated heterocycles. The predicted octanol–water partition coefficient (Wildman–Crippen LogP) is 3.65. The molecule has 3 N–H and O–H groups in total. The van der Waals surface area contributed by atoms with Gasteiger partial charge in [0.2, 0.25) is 0 Å². The van der Waals surface area contributed by atoms with Crippen LogP contribution >= 0.6 is 0 Å². The molecule has 6 rings (SSSR count). The molecule has 9 heteroatoms. The third-order valence-electron chi connectivity index (χ3n) is 6.43. The molecule has 1 aliphatic heterocycles. The van der Waals surface area contributed by atoms with Gasteiger partial charge in [-0.25, -0.2) is 9.50 Å². The number of pyridine rings is 1. The zero-order valence-electron chi connectivity index (χ0n) is 18.8. The molecule has 1 aromatic carbocycles. The van der Waals surface area contributed by atoms with Crippen molar-refractivity contribution >= 4 is 28.7 Å². The van der Waals surface area contributed by atoms with E-state index in [0.717, 1.165) is 48.5 Å². The van der Waals surface area contributed by atoms with Crippen LogP contribution in [0.15, 0.2) is 48.8 Å². The fourth-order valence-corrected chi connectivity index (χ4v) is 4.78. The van der Waals surface area contributed by atoms with Crippen molar-refractivity contribution in [2.45, 2.75) is 31.7 Å². The number of carbonyl (C=O) groups is 1. The van der Waals surface area contributed by atoms with Crippen LogP contribution in [0.25, 0.3) is 5.65 Å². The van der Waals surface area contributed by atoms with Crippen LogP contribution in [0.4, 0.5) is 17.2 Å². The van der Waals surface area contributed by atoms with E-state index in [0.29, 0.717) is 23.8 Å². The molecule has 0 radical (unpaired) electrons. The zero-order valence-corrected chi connectivity index (χ0v) is 18.8. The molecule has 34 heavy (non-hydrogen) atoms. The lowest BCUT2D eigenvalue weighted by molar-refractivity contribution is 0.0929. The molecule has 4 aromatic rings. The average Bonchev–Trinajstić information content (AvgIpc) is 3.48. The molecule has 0 saturated carbocycles. The highest BCUT2D eigenvalue weighted by Gasteiger charge is 2.27. The van der Waals surface area contributed by atoms with Gasteiger partial charge >= 0.3 is 0 Å². The highest BCUT2D eigenvalue weighted by atomic mass is 16.5. The SMILES string of the molecule is CNc1cc(Nc2cccc3c2OCCC3)nn2c(C(=O)NC3CCc4cccnc43)cnc12. The number of hydrogen-bond acceptors (Lipinski definition) is 7. The maximum Gasteiger partial charge on any atom is 0.272 e. The quantitative estimate of drug-likeness (QED) is 0.422. The molecule has 0 bridgehead atoms. The van der Waals surface area contributed by atoms with Gasteiger partial charge in [-0.3, -0.25) is 9.78 Å². The van der Waals surface area contributed by atoms with E-state index in [4.69, 9.17) is 9.84 Å². The fourth-order valence-electron chi connectivity index (χ4n) is 4.78. The summed E-state index contributed by atoms with van der Waals surface area (Å²) in [5, 5.41) is 14.3. The number of rotatable bonds is 5. The summed E-state index contributed by atoms with van der Waals surface area (Å²) in [5.74, 6) is 1.21. The summed E-state index contributed by atoms with van der Waals surface area (Å²) in [4.78, 5) is 22.2. The van der Waals surface area contributed by atoms with Crippen LogP contribution in [-0.4, -0.2) is 39.1 Å². The Kier molecular flexibility index (Phi) is 5.01. The summed E-state index contributed by atoms with van der Waals surface area (Å²) in [6.07, 6.45) is 7.06.